The fourth-order valence-electron chi connectivity index (χ4n) is 1.86. The van der Waals surface area contributed by atoms with Crippen LogP contribution in [0.5, 0.6) is 5.75 Å². The van der Waals surface area contributed by atoms with E-state index in [0.29, 0.717) is 28.7 Å². The quantitative estimate of drug-likeness (QED) is 0.831. The molecule has 1 aromatic carbocycles. The molecule has 1 amide bonds. The predicted molar refractivity (Wildman–Crippen MR) is 82.6 cm³/mol. The van der Waals surface area contributed by atoms with Crippen molar-refractivity contribution in [2.75, 3.05) is 18.2 Å². The number of nitrogen functional groups attached to an aromatic ring is 1. The van der Waals surface area contributed by atoms with E-state index >= 15 is 0 Å². The predicted octanol–water partition coefficient (Wildman–Crippen LogP) is 2.46. The van der Waals surface area contributed by atoms with Crippen molar-refractivity contribution in [1.82, 2.24) is 9.78 Å². The molecule has 0 radical (unpaired) electrons. The number of rotatable bonds is 5. The van der Waals surface area contributed by atoms with E-state index in [1.807, 2.05) is 6.92 Å². The zero-order valence-electron chi connectivity index (χ0n) is 11.9. The standard InChI is InChI=1S/C14H17ClN4O2/c1-9-11(15)8-19(18-9)6-5-14(20)17-12-7-10(16)3-4-13(12)21-2/h3-4,7-8H,5-6,16H2,1-2H3,(H,17,20). The van der Waals surface area contributed by atoms with Gasteiger partial charge in [0.1, 0.15) is 5.75 Å². The molecule has 21 heavy (non-hydrogen) atoms. The molecule has 0 aliphatic carbocycles. The van der Waals surface area contributed by atoms with Crippen LogP contribution < -0.4 is 15.8 Å². The largest absolute Gasteiger partial charge is 0.495 e. The van der Waals surface area contributed by atoms with Crippen molar-refractivity contribution in [2.45, 2.75) is 19.9 Å². The molecule has 0 aliphatic heterocycles. The first-order valence-electron chi connectivity index (χ1n) is 6.42. The van der Waals surface area contributed by atoms with Crippen molar-refractivity contribution in [2.24, 2.45) is 0 Å². The van der Waals surface area contributed by atoms with E-state index in [1.165, 1.54) is 7.11 Å². The summed E-state index contributed by atoms with van der Waals surface area (Å²) in [5, 5.41) is 7.56. The number of hydrogen-bond acceptors (Lipinski definition) is 4. The number of carbonyl (C=O) groups excluding carboxylic acids is 1. The van der Waals surface area contributed by atoms with Crippen LogP contribution in [0.1, 0.15) is 12.1 Å². The summed E-state index contributed by atoms with van der Waals surface area (Å²) in [6.45, 7) is 2.26. The second-order valence-electron chi connectivity index (χ2n) is 4.58. The Morgan fingerprint density at radius 2 is 2.29 bits per heavy atom. The second-order valence-corrected chi connectivity index (χ2v) is 4.99. The Balaban J connectivity index is 1.97. The van der Waals surface area contributed by atoms with Crippen LogP contribution in [0, 0.1) is 6.92 Å². The van der Waals surface area contributed by atoms with Crippen LogP contribution in [0.15, 0.2) is 24.4 Å². The topological polar surface area (TPSA) is 82.2 Å². The highest BCUT2D eigenvalue weighted by Gasteiger charge is 2.09. The summed E-state index contributed by atoms with van der Waals surface area (Å²) >= 11 is 5.92. The Kier molecular flexibility index (Phi) is 4.70. The molecule has 0 atom stereocenters. The SMILES string of the molecule is COc1ccc(N)cc1NC(=O)CCn1cc(Cl)c(C)n1. The first kappa shape index (κ1) is 15.2. The number of methoxy groups -OCH3 is 1. The Hall–Kier alpha value is -2.21. The summed E-state index contributed by atoms with van der Waals surface area (Å²) in [5.74, 6) is 0.415. The van der Waals surface area contributed by atoms with Gasteiger partial charge in [-0.1, -0.05) is 11.6 Å². The molecule has 0 aliphatic rings. The third-order valence-electron chi connectivity index (χ3n) is 2.95. The van der Waals surface area contributed by atoms with Gasteiger partial charge < -0.3 is 15.8 Å². The van der Waals surface area contributed by atoms with Gasteiger partial charge in [0, 0.05) is 24.8 Å². The van der Waals surface area contributed by atoms with Crippen LogP contribution in [0.2, 0.25) is 5.02 Å². The van der Waals surface area contributed by atoms with Crippen LogP contribution in [0.4, 0.5) is 11.4 Å². The molecule has 2 aromatic rings. The number of nitrogens with two attached hydrogens (primary N) is 1. The van der Waals surface area contributed by atoms with Crippen molar-refractivity contribution in [3.8, 4) is 5.75 Å². The first-order chi connectivity index (χ1) is 9.99. The maximum atomic E-state index is 12.0. The number of hydrogen-bond donors (Lipinski definition) is 2. The van der Waals surface area contributed by atoms with Gasteiger partial charge in [0.2, 0.25) is 5.91 Å². The van der Waals surface area contributed by atoms with E-state index in [9.17, 15) is 4.79 Å². The lowest BCUT2D eigenvalue weighted by atomic mass is 10.2. The molecular weight excluding hydrogens is 292 g/mol. The van der Waals surface area contributed by atoms with Crippen LogP contribution in [0.25, 0.3) is 0 Å². The Morgan fingerprint density at radius 1 is 1.52 bits per heavy atom. The number of ether oxygens (including phenoxy) is 1. The maximum Gasteiger partial charge on any atom is 0.226 e. The molecule has 1 heterocycles. The average Bonchev–Trinajstić information content (AvgIpc) is 2.76. The number of anilines is 2. The number of benzene rings is 1. The number of amides is 1. The minimum Gasteiger partial charge on any atom is -0.495 e. The van der Waals surface area contributed by atoms with Crippen LogP contribution in [-0.2, 0) is 11.3 Å². The van der Waals surface area contributed by atoms with Gasteiger partial charge in [-0.15, -0.1) is 0 Å². The monoisotopic (exact) mass is 308 g/mol. The van der Waals surface area contributed by atoms with Gasteiger partial charge in [-0.2, -0.15) is 5.10 Å². The molecule has 3 N–H and O–H groups in total. The van der Waals surface area contributed by atoms with E-state index in [0.717, 1.165) is 5.69 Å². The Bertz CT molecular complexity index is 635. The molecule has 0 spiro atoms. The molecule has 0 bridgehead atoms. The molecule has 1 aromatic heterocycles. The number of carbonyl (C=O) groups is 1. The van der Waals surface area contributed by atoms with Crippen LogP contribution >= 0.6 is 11.6 Å². The summed E-state index contributed by atoms with van der Waals surface area (Å²) < 4.78 is 6.82. The van der Waals surface area contributed by atoms with E-state index < -0.39 is 0 Å². The average molecular weight is 309 g/mol. The molecule has 112 valence electrons. The fraction of sp³-hybridized carbons (Fsp3) is 0.286. The van der Waals surface area contributed by atoms with Crippen LogP contribution in [-0.4, -0.2) is 22.8 Å². The van der Waals surface area contributed by atoms with Crippen molar-refractivity contribution >= 4 is 28.9 Å². The molecule has 0 unspecified atom stereocenters. The minimum atomic E-state index is -0.150. The van der Waals surface area contributed by atoms with E-state index in [1.54, 1.807) is 29.1 Å². The van der Waals surface area contributed by atoms with Gasteiger partial charge >= 0.3 is 0 Å². The van der Waals surface area contributed by atoms with Crippen molar-refractivity contribution in [3.05, 3.63) is 35.1 Å². The number of halogens is 1. The molecule has 2 rings (SSSR count). The molecule has 7 heteroatoms. The summed E-state index contributed by atoms with van der Waals surface area (Å²) in [4.78, 5) is 12.0. The molecular formula is C14H17ClN4O2. The maximum absolute atomic E-state index is 12.0. The second kappa shape index (κ2) is 6.49. The van der Waals surface area contributed by atoms with Gasteiger partial charge in [0.05, 0.1) is 23.5 Å². The highest BCUT2D eigenvalue weighted by Crippen LogP contribution is 2.26. The van der Waals surface area contributed by atoms with E-state index in [-0.39, 0.29) is 12.3 Å². The summed E-state index contributed by atoms with van der Waals surface area (Å²) in [6.07, 6.45) is 1.97. The fourth-order valence-corrected chi connectivity index (χ4v) is 2.01. The van der Waals surface area contributed by atoms with E-state index in [4.69, 9.17) is 22.1 Å². The number of nitrogens with one attached hydrogen (secondary N) is 1. The smallest absolute Gasteiger partial charge is 0.226 e. The molecule has 6 nitrogen and oxygen atoms in total. The molecule has 0 fully saturated rings. The molecule has 0 saturated heterocycles. The zero-order chi connectivity index (χ0) is 15.4. The van der Waals surface area contributed by atoms with Gasteiger partial charge in [-0.05, 0) is 25.1 Å². The normalized spacial score (nSPS) is 10.4. The van der Waals surface area contributed by atoms with Gasteiger partial charge in [0.15, 0.2) is 0 Å². The van der Waals surface area contributed by atoms with Crippen molar-refractivity contribution < 1.29 is 9.53 Å². The molecule has 0 saturated carbocycles. The van der Waals surface area contributed by atoms with Crippen LogP contribution in [0.3, 0.4) is 0 Å². The van der Waals surface area contributed by atoms with Crippen molar-refractivity contribution in [1.29, 1.82) is 0 Å². The highest BCUT2D eigenvalue weighted by molar-refractivity contribution is 6.31. The van der Waals surface area contributed by atoms with Gasteiger partial charge in [0.25, 0.3) is 0 Å². The summed E-state index contributed by atoms with van der Waals surface area (Å²) in [5.41, 5.74) is 7.56. The highest BCUT2D eigenvalue weighted by atomic mass is 35.5. The van der Waals surface area contributed by atoms with Crippen molar-refractivity contribution in [3.63, 3.8) is 0 Å². The zero-order valence-corrected chi connectivity index (χ0v) is 12.6. The number of aryl methyl sites for hydroxylation is 2. The Labute approximate surface area is 127 Å². The first-order valence-corrected chi connectivity index (χ1v) is 6.80. The van der Waals surface area contributed by atoms with E-state index in [2.05, 4.69) is 10.4 Å². The summed E-state index contributed by atoms with van der Waals surface area (Å²) in [7, 11) is 1.54. The Morgan fingerprint density at radius 3 is 2.90 bits per heavy atom. The number of nitrogens with zero attached hydrogens (tertiary/aromatic N) is 2. The lowest BCUT2D eigenvalue weighted by Crippen LogP contribution is -2.15. The lowest BCUT2D eigenvalue weighted by Gasteiger charge is -2.11. The number of aromatic nitrogens is 2. The lowest BCUT2D eigenvalue weighted by molar-refractivity contribution is -0.116. The third-order valence-corrected chi connectivity index (χ3v) is 3.32. The third kappa shape index (κ3) is 3.88. The summed E-state index contributed by atoms with van der Waals surface area (Å²) in [6, 6.07) is 5.08. The van der Waals surface area contributed by atoms with Gasteiger partial charge in [-0.3, -0.25) is 9.48 Å². The van der Waals surface area contributed by atoms with Gasteiger partial charge in [-0.25, -0.2) is 0 Å². The minimum absolute atomic E-state index is 0.150.